The number of hydrogen-bond acceptors (Lipinski definition) is 5. The van der Waals surface area contributed by atoms with Gasteiger partial charge in [-0.1, -0.05) is 23.7 Å². The van der Waals surface area contributed by atoms with E-state index in [1.807, 2.05) is 0 Å². The summed E-state index contributed by atoms with van der Waals surface area (Å²) in [4.78, 5) is 22.2. The van der Waals surface area contributed by atoms with Crippen LogP contribution in [0.4, 0.5) is 5.69 Å². The average Bonchev–Trinajstić information content (AvgIpc) is 2.54. The van der Waals surface area contributed by atoms with Gasteiger partial charge in [-0.2, -0.15) is 5.26 Å². The lowest BCUT2D eigenvalue weighted by Gasteiger charge is -2.06. The molecule has 2 aromatic rings. The van der Waals surface area contributed by atoms with Gasteiger partial charge in [-0.05, 0) is 41.7 Å². The summed E-state index contributed by atoms with van der Waals surface area (Å²) >= 11 is 5.74. The van der Waals surface area contributed by atoms with Crippen molar-refractivity contribution < 1.29 is 14.8 Å². The molecule has 0 amide bonds. The minimum atomic E-state index is -0.813. The first-order chi connectivity index (χ1) is 10.9. The van der Waals surface area contributed by atoms with E-state index in [1.165, 1.54) is 36.4 Å². The van der Waals surface area contributed by atoms with Gasteiger partial charge in [-0.25, -0.2) is 0 Å². The lowest BCUT2D eigenvalue weighted by Crippen LogP contribution is -2.02. The van der Waals surface area contributed by atoms with E-state index in [4.69, 9.17) is 16.9 Å². The van der Waals surface area contributed by atoms with Crippen molar-refractivity contribution in [1.82, 2.24) is 0 Å². The van der Waals surface area contributed by atoms with Crippen LogP contribution in [0.1, 0.15) is 15.9 Å². The van der Waals surface area contributed by atoms with E-state index in [1.54, 1.807) is 6.07 Å². The van der Waals surface area contributed by atoms with Crippen molar-refractivity contribution in [3.63, 3.8) is 0 Å². The van der Waals surface area contributed by atoms with Gasteiger partial charge in [0.25, 0.3) is 5.69 Å². The number of nitro groups is 1. The monoisotopic (exact) mass is 327 g/mol. The highest BCUT2D eigenvalue weighted by Gasteiger charge is 2.13. The number of nitro benzene ring substituents is 1. The zero-order valence-corrected chi connectivity index (χ0v) is 12.3. The molecule has 0 aromatic heterocycles. The molecule has 0 radical (unpaired) electrons. The van der Waals surface area contributed by atoms with Crippen LogP contribution in [0.2, 0.25) is 5.02 Å². The predicted octanol–water partition coefficient (Wildman–Crippen LogP) is 3.11. The molecule has 2 aromatic carbocycles. The number of carbonyl (C=O) groups excluding carboxylic acids is 1. The fourth-order valence-corrected chi connectivity index (χ4v) is 1.96. The molecule has 0 spiro atoms. The van der Waals surface area contributed by atoms with E-state index in [0.29, 0.717) is 5.02 Å². The third kappa shape index (κ3) is 3.73. The van der Waals surface area contributed by atoms with E-state index < -0.39 is 22.1 Å². The van der Waals surface area contributed by atoms with Gasteiger partial charge in [0, 0.05) is 16.7 Å². The van der Waals surface area contributed by atoms with Crippen LogP contribution >= 0.6 is 11.6 Å². The topological polar surface area (TPSA) is 107 Å². The first kappa shape index (κ1) is 16.2. The van der Waals surface area contributed by atoms with Crippen LogP contribution in [0.5, 0.6) is 5.75 Å². The summed E-state index contributed by atoms with van der Waals surface area (Å²) in [6.45, 7) is 0. The van der Waals surface area contributed by atoms with Crippen molar-refractivity contribution in [3.05, 3.63) is 74.3 Å². The Kier molecular flexibility index (Phi) is 4.74. The second-order valence-corrected chi connectivity index (χ2v) is 4.93. The lowest BCUT2D eigenvalue weighted by molar-refractivity contribution is -0.398. The van der Waals surface area contributed by atoms with Crippen LogP contribution in [0, 0.1) is 21.4 Å². The van der Waals surface area contributed by atoms with Crippen molar-refractivity contribution in [2.75, 3.05) is 0 Å². The summed E-state index contributed by atoms with van der Waals surface area (Å²) in [5, 5.41) is 31.7. The SMILES string of the molecule is N#C/C(=C\c1ccc([O-])c([N+](=O)[O-])c1)C(=O)c1ccc(Cl)cc1. The van der Waals surface area contributed by atoms with Crippen LogP contribution in [0.25, 0.3) is 6.08 Å². The molecule has 6 nitrogen and oxygen atoms in total. The van der Waals surface area contributed by atoms with E-state index >= 15 is 0 Å². The molecular formula is C16H8ClN2O4-. The summed E-state index contributed by atoms with van der Waals surface area (Å²) in [7, 11) is 0. The normalized spacial score (nSPS) is 10.9. The van der Waals surface area contributed by atoms with Crippen molar-refractivity contribution in [2.45, 2.75) is 0 Å². The van der Waals surface area contributed by atoms with Crippen molar-refractivity contribution >= 4 is 29.1 Å². The highest BCUT2D eigenvalue weighted by Crippen LogP contribution is 2.25. The highest BCUT2D eigenvalue weighted by atomic mass is 35.5. The summed E-state index contributed by atoms with van der Waals surface area (Å²) in [5.74, 6) is -1.28. The molecule has 0 aliphatic heterocycles. The molecule has 0 aliphatic rings. The molecule has 0 aliphatic carbocycles. The Morgan fingerprint density at radius 1 is 1.22 bits per heavy atom. The van der Waals surface area contributed by atoms with Gasteiger partial charge in [0.15, 0.2) is 0 Å². The zero-order valence-electron chi connectivity index (χ0n) is 11.5. The Balaban J connectivity index is 2.41. The molecule has 2 rings (SSSR count). The molecule has 0 bridgehead atoms. The maximum absolute atomic E-state index is 12.2. The molecule has 0 saturated carbocycles. The fourth-order valence-electron chi connectivity index (χ4n) is 1.84. The highest BCUT2D eigenvalue weighted by molar-refractivity contribution is 6.30. The number of rotatable bonds is 4. The van der Waals surface area contributed by atoms with Crippen LogP contribution in [-0.4, -0.2) is 10.7 Å². The van der Waals surface area contributed by atoms with Gasteiger partial charge in [0.05, 0.1) is 4.92 Å². The van der Waals surface area contributed by atoms with Gasteiger partial charge in [-0.3, -0.25) is 14.9 Å². The number of nitrogens with zero attached hydrogens (tertiary/aromatic N) is 2. The molecule has 0 unspecified atom stereocenters. The van der Waals surface area contributed by atoms with E-state index in [-0.39, 0.29) is 16.7 Å². The number of ketones is 1. The van der Waals surface area contributed by atoms with Crippen LogP contribution in [0.15, 0.2) is 48.0 Å². The predicted molar refractivity (Wildman–Crippen MR) is 81.9 cm³/mol. The van der Waals surface area contributed by atoms with E-state index in [2.05, 4.69) is 0 Å². The van der Waals surface area contributed by atoms with Crippen LogP contribution in [0.3, 0.4) is 0 Å². The molecule has 0 heterocycles. The lowest BCUT2D eigenvalue weighted by atomic mass is 10.0. The first-order valence-electron chi connectivity index (χ1n) is 6.30. The van der Waals surface area contributed by atoms with Crippen molar-refractivity contribution in [2.24, 2.45) is 0 Å². The largest absolute Gasteiger partial charge is 0.868 e. The minimum Gasteiger partial charge on any atom is -0.868 e. The number of nitriles is 1. The Morgan fingerprint density at radius 2 is 1.87 bits per heavy atom. The third-order valence-electron chi connectivity index (χ3n) is 2.96. The Hall–Kier alpha value is -3.17. The molecule has 7 heteroatoms. The minimum absolute atomic E-state index is 0.208. The zero-order chi connectivity index (χ0) is 17.0. The quantitative estimate of drug-likeness (QED) is 0.282. The average molecular weight is 328 g/mol. The molecule has 0 fully saturated rings. The van der Waals surface area contributed by atoms with Gasteiger partial charge in [0.2, 0.25) is 5.78 Å². The number of benzene rings is 2. The maximum Gasteiger partial charge on any atom is 0.262 e. The smallest absolute Gasteiger partial charge is 0.262 e. The van der Waals surface area contributed by atoms with Crippen molar-refractivity contribution in [3.8, 4) is 11.8 Å². The number of hydrogen-bond donors (Lipinski definition) is 0. The number of carbonyl (C=O) groups is 1. The Bertz CT molecular complexity index is 851. The van der Waals surface area contributed by atoms with Gasteiger partial charge >= 0.3 is 0 Å². The van der Waals surface area contributed by atoms with Gasteiger partial charge in [0.1, 0.15) is 11.6 Å². The summed E-state index contributed by atoms with van der Waals surface area (Å²) in [6, 6.07) is 11.1. The second-order valence-electron chi connectivity index (χ2n) is 4.49. The molecule has 0 N–H and O–H groups in total. The van der Waals surface area contributed by atoms with Gasteiger partial charge < -0.3 is 5.11 Å². The summed E-state index contributed by atoms with van der Waals surface area (Å²) in [6.07, 6.45) is 1.20. The van der Waals surface area contributed by atoms with Crippen LogP contribution < -0.4 is 5.11 Å². The first-order valence-corrected chi connectivity index (χ1v) is 6.67. The second kappa shape index (κ2) is 6.73. The third-order valence-corrected chi connectivity index (χ3v) is 3.21. The Labute approximate surface area is 136 Å². The molecular weight excluding hydrogens is 320 g/mol. The molecule has 114 valence electrons. The standard InChI is InChI=1S/C16H9ClN2O4/c17-13-4-2-11(3-5-13)16(21)12(9-18)7-10-1-6-15(20)14(8-10)19(22)23/h1-8,20H/p-1/b12-7+. The summed E-state index contributed by atoms with van der Waals surface area (Å²) in [5.41, 5.74) is -0.345. The fraction of sp³-hybridized carbons (Fsp3) is 0. The van der Waals surface area contributed by atoms with E-state index in [0.717, 1.165) is 12.1 Å². The number of halogens is 1. The van der Waals surface area contributed by atoms with Gasteiger partial charge in [-0.15, -0.1) is 0 Å². The Morgan fingerprint density at radius 3 is 2.43 bits per heavy atom. The molecule has 0 saturated heterocycles. The summed E-state index contributed by atoms with van der Waals surface area (Å²) < 4.78 is 0. The maximum atomic E-state index is 12.2. The molecule has 0 atom stereocenters. The number of Topliss-reactive ketones (excluding diaryl/α,β-unsaturated/α-hetero) is 1. The number of allylic oxidation sites excluding steroid dienone is 1. The molecule has 23 heavy (non-hydrogen) atoms. The van der Waals surface area contributed by atoms with Crippen LogP contribution in [-0.2, 0) is 0 Å². The van der Waals surface area contributed by atoms with Crippen molar-refractivity contribution in [1.29, 1.82) is 5.26 Å². The van der Waals surface area contributed by atoms with E-state index in [9.17, 15) is 20.0 Å².